The van der Waals surface area contributed by atoms with Crippen molar-refractivity contribution in [2.75, 3.05) is 18.4 Å². The molecule has 2 aliphatic rings. The SMILES string of the molecule is CC1(O)CCCC1Oc1nc(NC2CCN(S(=O)(=O)C(F)(F)F)CC2)ncc1C#N. The highest BCUT2D eigenvalue weighted by Crippen LogP contribution is 2.34. The van der Waals surface area contributed by atoms with Gasteiger partial charge in [0.15, 0.2) is 0 Å². The molecule has 1 aliphatic carbocycles. The fourth-order valence-corrected chi connectivity index (χ4v) is 4.59. The van der Waals surface area contributed by atoms with Crippen LogP contribution in [0.4, 0.5) is 19.1 Å². The van der Waals surface area contributed by atoms with Gasteiger partial charge in [-0.05, 0) is 39.0 Å². The number of aromatic nitrogens is 2. The van der Waals surface area contributed by atoms with Crippen molar-refractivity contribution in [1.82, 2.24) is 14.3 Å². The molecule has 13 heteroatoms. The van der Waals surface area contributed by atoms with E-state index in [0.717, 1.165) is 6.42 Å². The topological polar surface area (TPSA) is 128 Å². The lowest BCUT2D eigenvalue weighted by Crippen LogP contribution is -2.47. The van der Waals surface area contributed by atoms with Crippen molar-refractivity contribution < 1.29 is 31.4 Å². The van der Waals surface area contributed by atoms with Gasteiger partial charge in [0.05, 0.1) is 11.8 Å². The first-order valence-electron chi connectivity index (χ1n) is 9.43. The Kier molecular flexibility index (Phi) is 6.13. The Morgan fingerprint density at radius 2 is 2.03 bits per heavy atom. The average Bonchev–Trinajstić information content (AvgIpc) is 3.00. The second-order valence-electron chi connectivity index (χ2n) is 7.65. The third-order valence-corrected chi connectivity index (χ3v) is 7.02. The number of halogens is 3. The zero-order valence-electron chi connectivity index (χ0n) is 16.2. The van der Waals surface area contributed by atoms with Crippen LogP contribution < -0.4 is 10.1 Å². The highest BCUT2D eigenvalue weighted by molar-refractivity contribution is 7.90. The molecule has 166 valence electrons. The van der Waals surface area contributed by atoms with Crippen molar-refractivity contribution >= 4 is 16.0 Å². The summed E-state index contributed by atoms with van der Waals surface area (Å²) in [5.74, 6) is 0.123. The van der Waals surface area contributed by atoms with Gasteiger partial charge in [-0.3, -0.25) is 0 Å². The maximum atomic E-state index is 12.7. The van der Waals surface area contributed by atoms with Gasteiger partial charge in [0.25, 0.3) is 0 Å². The highest BCUT2D eigenvalue weighted by Gasteiger charge is 2.50. The summed E-state index contributed by atoms with van der Waals surface area (Å²) in [5, 5.41) is 22.6. The van der Waals surface area contributed by atoms with Crippen LogP contribution in [0.1, 0.15) is 44.6 Å². The molecule has 0 spiro atoms. The first-order valence-corrected chi connectivity index (χ1v) is 10.9. The van der Waals surface area contributed by atoms with Gasteiger partial charge in [0.1, 0.15) is 17.7 Å². The lowest BCUT2D eigenvalue weighted by Gasteiger charge is -2.32. The fraction of sp³-hybridized carbons (Fsp3) is 0.706. The minimum Gasteiger partial charge on any atom is -0.470 e. The van der Waals surface area contributed by atoms with Crippen LogP contribution in [-0.2, 0) is 10.0 Å². The molecular weight excluding hydrogens is 427 g/mol. The van der Waals surface area contributed by atoms with Gasteiger partial charge < -0.3 is 15.2 Å². The quantitative estimate of drug-likeness (QED) is 0.696. The number of nitrogens with zero attached hydrogens (tertiary/aromatic N) is 4. The number of sulfonamides is 1. The van der Waals surface area contributed by atoms with E-state index in [-0.39, 0.29) is 49.4 Å². The largest absolute Gasteiger partial charge is 0.511 e. The monoisotopic (exact) mass is 449 g/mol. The normalized spacial score (nSPS) is 26.3. The highest BCUT2D eigenvalue weighted by atomic mass is 32.2. The van der Waals surface area contributed by atoms with Crippen LogP contribution in [0, 0.1) is 11.3 Å². The third kappa shape index (κ3) is 4.60. The molecule has 3 rings (SSSR count). The zero-order chi connectivity index (χ0) is 22.2. The van der Waals surface area contributed by atoms with Crippen molar-refractivity contribution in [1.29, 1.82) is 5.26 Å². The summed E-state index contributed by atoms with van der Waals surface area (Å²) in [6, 6.07) is 1.58. The number of hydrogen-bond donors (Lipinski definition) is 2. The first-order chi connectivity index (χ1) is 13.9. The number of anilines is 1. The van der Waals surface area contributed by atoms with E-state index in [9.17, 15) is 32.0 Å². The van der Waals surface area contributed by atoms with Crippen LogP contribution in [0.5, 0.6) is 5.88 Å². The molecule has 0 radical (unpaired) electrons. The van der Waals surface area contributed by atoms with Crippen molar-refractivity contribution in [3.8, 4) is 11.9 Å². The second-order valence-corrected chi connectivity index (χ2v) is 9.58. The van der Waals surface area contributed by atoms with Gasteiger partial charge in [-0.2, -0.15) is 27.7 Å². The molecule has 0 amide bonds. The molecule has 1 aromatic rings. The third-order valence-electron chi connectivity index (χ3n) is 5.39. The van der Waals surface area contributed by atoms with E-state index in [0.29, 0.717) is 17.1 Å². The van der Waals surface area contributed by atoms with Gasteiger partial charge in [0.2, 0.25) is 11.8 Å². The van der Waals surface area contributed by atoms with E-state index in [1.807, 2.05) is 6.07 Å². The predicted molar refractivity (Wildman–Crippen MR) is 98.8 cm³/mol. The minimum absolute atomic E-state index is 0.0132. The Bertz CT molecular complexity index is 924. The van der Waals surface area contributed by atoms with Gasteiger partial charge in [-0.1, -0.05) is 0 Å². The van der Waals surface area contributed by atoms with E-state index in [2.05, 4.69) is 15.3 Å². The molecule has 0 bridgehead atoms. The molecular formula is C17H22F3N5O4S. The number of piperidine rings is 1. The number of nitrogens with one attached hydrogen (secondary N) is 1. The molecule has 9 nitrogen and oxygen atoms in total. The first kappa shape index (κ1) is 22.5. The van der Waals surface area contributed by atoms with E-state index < -0.39 is 27.2 Å². The van der Waals surface area contributed by atoms with Crippen LogP contribution in [0.15, 0.2) is 6.20 Å². The molecule has 2 unspecified atom stereocenters. The molecule has 2 heterocycles. The predicted octanol–water partition coefficient (Wildman–Crippen LogP) is 1.76. The zero-order valence-corrected chi connectivity index (χ0v) is 17.0. The molecule has 2 fully saturated rings. The molecule has 1 saturated heterocycles. The lowest BCUT2D eigenvalue weighted by atomic mass is 10.0. The van der Waals surface area contributed by atoms with Crippen LogP contribution in [-0.4, -0.2) is 64.1 Å². The molecule has 30 heavy (non-hydrogen) atoms. The standard InChI is InChI=1S/C17H22F3N5O4S/c1-16(26)6-2-3-13(16)29-14-11(9-21)10-22-15(24-14)23-12-4-7-25(8-5-12)30(27,28)17(18,19)20/h10,12-13,26H,2-8H2,1H3,(H,22,23,24). The number of ether oxygens (including phenoxy) is 1. The summed E-state index contributed by atoms with van der Waals surface area (Å²) in [4.78, 5) is 8.21. The smallest absolute Gasteiger partial charge is 0.470 e. The van der Waals surface area contributed by atoms with Gasteiger partial charge in [0, 0.05) is 19.1 Å². The summed E-state index contributed by atoms with van der Waals surface area (Å²) < 4.78 is 67.2. The Morgan fingerprint density at radius 3 is 2.57 bits per heavy atom. The van der Waals surface area contributed by atoms with Crippen LogP contribution in [0.25, 0.3) is 0 Å². The molecule has 1 saturated carbocycles. The van der Waals surface area contributed by atoms with Gasteiger partial charge >= 0.3 is 15.5 Å². The summed E-state index contributed by atoms with van der Waals surface area (Å²) >= 11 is 0. The number of rotatable bonds is 5. The molecule has 0 aromatic carbocycles. The maximum absolute atomic E-state index is 12.7. The van der Waals surface area contributed by atoms with Crippen molar-refractivity contribution in [2.45, 2.75) is 62.3 Å². The number of hydrogen-bond acceptors (Lipinski definition) is 8. The number of nitriles is 1. The lowest BCUT2D eigenvalue weighted by molar-refractivity contribution is -0.0494. The fourth-order valence-electron chi connectivity index (χ4n) is 3.61. The van der Waals surface area contributed by atoms with Gasteiger partial charge in [-0.15, -0.1) is 0 Å². The Labute approximate surface area is 171 Å². The van der Waals surface area contributed by atoms with Gasteiger partial charge in [-0.25, -0.2) is 13.4 Å². The van der Waals surface area contributed by atoms with Crippen LogP contribution in [0.3, 0.4) is 0 Å². The Balaban J connectivity index is 1.66. The van der Waals surface area contributed by atoms with Crippen molar-refractivity contribution in [2.24, 2.45) is 0 Å². The summed E-state index contributed by atoms with van der Waals surface area (Å²) in [6.07, 6.45) is 2.94. The number of alkyl halides is 3. The van der Waals surface area contributed by atoms with Crippen molar-refractivity contribution in [3.05, 3.63) is 11.8 Å². The molecule has 1 aromatic heterocycles. The summed E-state index contributed by atoms with van der Waals surface area (Å²) in [5.41, 5.74) is -6.27. The summed E-state index contributed by atoms with van der Waals surface area (Å²) in [6.45, 7) is 1.08. The van der Waals surface area contributed by atoms with Crippen molar-refractivity contribution in [3.63, 3.8) is 0 Å². The maximum Gasteiger partial charge on any atom is 0.511 e. The average molecular weight is 449 g/mol. The van der Waals surface area contributed by atoms with E-state index in [1.54, 1.807) is 6.92 Å². The van der Waals surface area contributed by atoms with E-state index >= 15 is 0 Å². The van der Waals surface area contributed by atoms with E-state index in [4.69, 9.17) is 4.74 Å². The minimum atomic E-state index is -5.34. The Morgan fingerprint density at radius 1 is 1.37 bits per heavy atom. The molecule has 2 N–H and O–H groups in total. The van der Waals surface area contributed by atoms with Crippen LogP contribution in [0.2, 0.25) is 0 Å². The molecule has 2 atom stereocenters. The summed E-state index contributed by atoms with van der Waals surface area (Å²) in [7, 11) is -5.34. The van der Waals surface area contributed by atoms with Crippen LogP contribution >= 0.6 is 0 Å². The van der Waals surface area contributed by atoms with E-state index in [1.165, 1.54) is 6.20 Å². The molecule has 1 aliphatic heterocycles. The Hall–Kier alpha value is -2.17. The second kappa shape index (κ2) is 8.16. The number of aliphatic hydroxyl groups is 1.